The molecule has 2 aromatic rings. The number of aromatic nitrogens is 2. The highest BCUT2D eigenvalue weighted by atomic mass is 16.6. The molecule has 0 bridgehead atoms. The first-order valence-corrected chi connectivity index (χ1v) is 7.31. The maximum Gasteiger partial charge on any atom is 0.306 e. The molecular weight excluding hydrogens is 284 g/mol. The highest BCUT2D eigenvalue weighted by Crippen LogP contribution is 2.26. The molecule has 1 aliphatic heterocycles. The van der Waals surface area contributed by atoms with Crippen LogP contribution in [0.15, 0.2) is 36.7 Å². The number of rotatable bonds is 5. The fraction of sp³-hybridized carbons (Fsp3) is 0.400. The first-order valence-electron chi connectivity index (χ1n) is 7.31. The predicted octanol–water partition coefficient (Wildman–Crippen LogP) is 1.60. The number of anilines is 1. The molecule has 0 aliphatic carbocycles. The normalized spacial score (nSPS) is 15.4. The summed E-state index contributed by atoms with van der Waals surface area (Å²) in [7, 11) is 0. The smallest absolute Gasteiger partial charge is 0.306 e. The lowest BCUT2D eigenvalue weighted by molar-refractivity contribution is -0.385. The molecule has 22 heavy (non-hydrogen) atoms. The third-order valence-corrected chi connectivity index (χ3v) is 3.87. The van der Waals surface area contributed by atoms with Crippen molar-refractivity contribution in [2.45, 2.75) is 25.5 Å². The molecule has 3 rings (SSSR count). The fourth-order valence-electron chi connectivity index (χ4n) is 2.88. The second kappa shape index (κ2) is 6.15. The minimum atomic E-state index is -0.634. The molecule has 7 nitrogen and oxygen atoms in total. The van der Waals surface area contributed by atoms with E-state index in [0.29, 0.717) is 6.54 Å². The van der Waals surface area contributed by atoms with Crippen LogP contribution < -0.4 is 4.90 Å². The Kier molecular flexibility index (Phi) is 4.06. The van der Waals surface area contributed by atoms with E-state index in [-0.39, 0.29) is 12.2 Å². The average molecular weight is 302 g/mol. The summed E-state index contributed by atoms with van der Waals surface area (Å²) in [6.45, 7) is 1.64. The Morgan fingerprint density at radius 1 is 1.36 bits per heavy atom. The van der Waals surface area contributed by atoms with Gasteiger partial charge < -0.3 is 10.0 Å². The Balaban J connectivity index is 1.64. The Morgan fingerprint density at radius 2 is 2.18 bits per heavy atom. The second-order valence-corrected chi connectivity index (χ2v) is 5.51. The van der Waals surface area contributed by atoms with Gasteiger partial charge in [0.2, 0.25) is 0 Å². The van der Waals surface area contributed by atoms with Gasteiger partial charge in [0.25, 0.3) is 0 Å². The van der Waals surface area contributed by atoms with Crippen LogP contribution in [0.25, 0.3) is 0 Å². The summed E-state index contributed by atoms with van der Waals surface area (Å²) in [5.41, 5.74) is 2.41. The molecule has 1 unspecified atom stereocenters. The molecule has 0 saturated heterocycles. The average Bonchev–Trinajstić information content (AvgIpc) is 2.96. The molecule has 7 heteroatoms. The van der Waals surface area contributed by atoms with Gasteiger partial charge >= 0.3 is 5.69 Å². The van der Waals surface area contributed by atoms with Gasteiger partial charge in [-0.3, -0.25) is 14.8 Å². The maximum atomic E-state index is 10.6. The summed E-state index contributed by atoms with van der Waals surface area (Å²) in [5, 5.41) is 24.8. The van der Waals surface area contributed by atoms with Gasteiger partial charge in [0.1, 0.15) is 12.4 Å². The second-order valence-electron chi connectivity index (χ2n) is 5.51. The number of benzene rings is 1. The zero-order valence-corrected chi connectivity index (χ0v) is 12.1. The number of aliphatic hydroxyl groups excluding tert-OH is 1. The number of aliphatic hydroxyl groups is 1. The molecule has 1 atom stereocenters. The number of β-amino-alcohol motifs (C(OH)–C–C–N with tert-alkyl or cyclic N) is 1. The van der Waals surface area contributed by atoms with Gasteiger partial charge in [-0.2, -0.15) is 5.10 Å². The molecule has 1 N–H and O–H groups in total. The van der Waals surface area contributed by atoms with Gasteiger partial charge in [-0.05, 0) is 24.5 Å². The lowest BCUT2D eigenvalue weighted by Crippen LogP contribution is -2.38. The van der Waals surface area contributed by atoms with Crippen molar-refractivity contribution < 1.29 is 10.0 Å². The highest BCUT2D eigenvalue weighted by molar-refractivity contribution is 5.55. The van der Waals surface area contributed by atoms with Crippen LogP contribution in [0.1, 0.15) is 12.0 Å². The van der Waals surface area contributed by atoms with Crippen molar-refractivity contribution in [1.29, 1.82) is 0 Å². The molecule has 2 heterocycles. The standard InChI is InChI=1S/C15H18N4O3/c20-14(11-18-9-13(8-16-18)19(21)22)10-17-7-3-5-12-4-1-2-6-15(12)17/h1-2,4,6,8-9,14,20H,3,5,7,10-11H2. The van der Waals surface area contributed by atoms with Crippen molar-refractivity contribution in [3.8, 4) is 0 Å². The molecule has 1 aliphatic rings. The van der Waals surface area contributed by atoms with E-state index in [2.05, 4.69) is 22.1 Å². The number of hydrogen-bond donors (Lipinski definition) is 1. The van der Waals surface area contributed by atoms with Gasteiger partial charge in [-0.15, -0.1) is 0 Å². The molecular formula is C15H18N4O3. The van der Waals surface area contributed by atoms with Gasteiger partial charge in [0.15, 0.2) is 0 Å². The first-order chi connectivity index (χ1) is 10.6. The van der Waals surface area contributed by atoms with E-state index in [4.69, 9.17) is 0 Å². The number of fused-ring (bicyclic) bond motifs is 1. The minimum Gasteiger partial charge on any atom is -0.389 e. The number of nitro groups is 1. The zero-order chi connectivity index (χ0) is 15.5. The van der Waals surface area contributed by atoms with Crippen molar-refractivity contribution >= 4 is 11.4 Å². The number of para-hydroxylation sites is 1. The minimum absolute atomic E-state index is 0.0597. The van der Waals surface area contributed by atoms with E-state index < -0.39 is 11.0 Å². The maximum absolute atomic E-state index is 10.6. The van der Waals surface area contributed by atoms with Gasteiger partial charge in [0.05, 0.1) is 17.6 Å². The van der Waals surface area contributed by atoms with E-state index in [1.807, 2.05) is 12.1 Å². The quantitative estimate of drug-likeness (QED) is 0.670. The highest BCUT2D eigenvalue weighted by Gasteiger charge is 2.20. The molecule has 0 spiro atoms. The van der Waals surface area contributed by atoms with Crippen LogP contribution in [0.2, 0.25) is 0 Å². The summed E-state index contributed by atoms with van der Waals surface area (Å²) in [4.78, 5) is 12.3. The SMILES string of the molecule is O=[N+]([O-])c1cnn(CC(O)CN2CCCc3ccccc32)c1. The summed E-state index contributed by atoms with van der Waals surface area (Å²) >= 11 is 0. The lowest BCUT2D eigenvalue weighted by atomic mass is 10.0. The molecule has 0 fully saturated rings. The van der Waals surface area contributed by atoms with Crippen molar-refractivity contribution in [2.75, 3.05) is 18.0 Å². The predicted molar refractivity (Wildman–Crippen MR) is 81.9 cm³/mol. The number of nitrogens with zero attached hydrogens (tertiary/aromatic N) is 4. The summed E-state index contributed by atoms with van der Waals surface area (Å²) in [5.74, 6) is 0. The van der Waals surface area contributed by atoms with Crippen molar-refractivity contribution in [3.63, 3.8) is 0 Å². The van der Waals surface area contributed by atoms with Crippen LogP contribution in [0.3, 0.4) is 0 Å². The molecule has 116 valence electrons. The van der Waals surface area contributed by atoms with Crippen LogP contribution in [-0.4, -0.2) is 39.0 Å². The Labute approximate surface area is 127 Å². The van der Waals surface area contributed by atoms with Crippen LogP contribution in [0, 0.1) is 10.1 Å². The van der Waals surface area contributed by atoms with Crippen molar-refractivity contribution in [3.05, 3.63) is 52.3 Å². The zero-order valence-electron chi connectivity index (χ0n) is 12.1. The number of aryl methyl sites for hydroxylation is 1. The van der Waals surface area contributed by atoms with Crippen molar-refractivity contribution in [2.24, 2.45) is 0 Å². The van der Waals surface area contributed by atoms with E-state index in [1.165, 1.54) is 28.3 Å². The summed E-state index contributed by atoms with van der Waals surface area (Å²) < 4.78 is 1.42. The van der Waals surface area contributed by atoms with Crippen LogP contribution in [-0.2, 0) is 13.0 Å². The molecule has 0 saturated carbocycles. The molecule has 0 amide bonds. The van der Waals surface area contributed by atoms with Crippen molar-refractivity contribution in [1.82, 2.24) is 9.78 Å². The summed E-state index contributed by atoms with van der Waals surface area (Å²) in [6.07, 6.45) is 4.03. The Morgan fingerprint density at radius 3 is 2.95 bits per heavy atom. The largest absolute Gasteiger partial charge is 0.389 e. The molecule has 1 aromatic carbocycles. The van der Waals surface area contributed by atoms with Crippen LogP contribution in [0.4, 0.5) is 11.4 Å². The van der Waals surface area contributed by atoms with E-state index in [9.17, 15) is 15.2 Å². The van der Waals surface area contributed by atoms with Crippen LogP contribution >= 0.6 is 0 Å². The molecule has 0 radical (unpaired) electrons. The molecule has 1 aromatic heterocycles. The number of hydrogen-bond acceptors (Lipinski definition) is 5. The van der Waals surface area contributed by atoms with Gasteiger partial charge in [-0.25, -0.2) is 0 Å². The third-order valence-electron chi connectivity index (χ3n) is 3.87. The monoisotopic (exact) mass is 302 g/mol. The van der Waals surface area contributed by atoms with Gasteiger partial charge in [-0.1, -0.05) is 18.2 Å². The summed E-state index contributed by atoms with van der Waals surface area (Å²) in [6, 6.07) is 8.22. The lowest BCUT2D eigenvalue weighted by Gasteiger charge is -2.32. The van der Waals surface area contributed by atoms with E-state index in [1.54, 1.807) is 0 Å². The fourth-order valence-corrected chi connectivity index (χ4v) is 2.88. The topological polar surface area (TPSA) is 84.4 Å². The Hall–Kier alpha value is -2.41. The van der Waals surface area contributed by atoms with Crippen LogP contribution in [0.5, 0.6) is 0 Å². The first kappa shape index (κ1) is 14.5. The third kappa shape index (κ3) is 3.09. The van der Waals surface area contributed by atoms with Gasteiger partial charge in [0, 0.05) is 18.8 Å². The Bertz CT molecular complexity index is 670. The van der Waals surface area contributed by atoms with E-state index >= 15 is 0 Å². The van der Waals surface area contributed by atoms with E-state index in [0.717, 1.165) is 19.4 Å².